The molecule has 1 N–H and O–H groups in total. The lowest BCUT2D eigenvalue weighted by atomic mass is 10.3. The van der Waals surface area contributed by atoms with Crippen LogP contribution >= 0.6 is 22.6 Å². The van der Waals surface area contributed by atoms with Crippen LogP contribution in [0.4, 0.5) is 8.78 Å². The molecule has 5 nitrogen and oxygen atoms in total. The van der Waals surface area contributed by atoms with E-state index in [1.807, 2.05) is 0 Å². The van der Waals surface area contributed by atoms with Gasteiger partial charge in [-0.1, -0.05) is 22.6 Å². The van der Waals surface area contributed by atoms with Crippen LogP contribution in [0.3, 0.4) is 0 Å². The summed E-state index contributed by atoms with van der Waals surface area (Å²) >= 11 is 1.70. The Balaban J connectivity index is 2.81. The molecule has 0 bridgehead atoms. The molecule has 0 aromatic heterocycles. The SMILES string of the molecule is COC(=O)C(I)CNS(=O)(=O)c1ccc(F)c(F)c1. The number of hydrogen-bond acceptors (Lipinski definition) is 4. The Morgan fingerprint density at radius 3 is 2.58 bits per heavy atom. The van der Waals surface area contributed by atoms with Crippen LogP contribution in [0.2, 0.25) is 0 Å². The van der Waals surface area contributed by atoms with Crippen molar-refractivity contribution in [2.45, 2.75) is 8.82 Å². The van der Waals surface area contributed by atoms with E-state index in [0.29, 0.717) is 12.1 Å². The van der Waals surface area contributed by atoms with E-state index >= 15 is 0 Å². The van der Waals surface area contributed by atoms with Gasteiger partial charge < -0.3 is 4.74 Å². The zero-order chi connectivity index (χ0) is 14.6. The fourth-order valence-corrected chi connectivity index (χ4v) is 2.95. The molecule has 0 saturated heterocycles. The van der Waals surface area contributed by atoms with Crippen LogP contribution in [0, 0.1) is 11.6 Å². The number of ether oxygens (including phenoxy) is 1. The summed E-state index contributed by atoms with van der Waals surface area (Å²) in [6, 6.07) is 2.21. The van der Waals surface area contributed by atoms with Crippen LogP contribution in [0.25, 0.3) is 0 Å². The number of hydrogen-bond donors (Lipinski definition) is 1. The normalized spacial score (nSPS) is 13.1. The highest BCUT2D eigenvalue weighted by Gasteiger charge is 2.21. The van der Waals surface area contributed by atoms with Gasteiger partial charge in [0.15, 0.2) is 11.6 Å². The van der Waals surface area contributed by atoms with E-state index in [2.05, 4.69) is 9.46 Å². The molecule has 0 spiro atoms. The number of rotatable bonds is 5. The first-order valence-electron chi connectivity index (χ1n) is 4.94. The molecular formula is C10H10F2INO4S. The van der Waals surface area contributed by atoms with E-state index in [4.69, 9.17) is 0 Å². The second-order valence-corrected chi connectivity index (χ2v) is 6.69. The average Bonchev–Trinajstić information content (AvgIpc) is 2.38. The molecule has 1 aromatic carbocycles. The van der Waals surface area contributed by atoms with Gasteiger partial charge in [-0.2, -0.15) is 0 Å². The third kappa shape index (κ3) is 4.35. The van der Waals surface area contributed by atoms with Crippen molar-refractivity contribution in [1.82, 2.24) is 4.72 Å². The predicted octanol–water partition coefficient (Wildman–Crippen LogP) is 1.22. The van der Waals surface area contributed by atoms with Crippen LogP contribution in [0.5, 0.6) is 0 Å². The zero-order valence-corrected chi connectivity index (χ0v) is 12.7. The molecule has 1 atom stereocenters. The lowest BCUT2D eigenvalue weighted by Gasteiger charge is -2.10. The Hall–Kier alpha value is -0.810. The maximum absolute atomic E-state index is 12.9. The maximum atomic E-state index is 12.9. The van der Waals surface area contributed by atoms with E-state index in [0.717, 1.165) is 6.07 Å². The van der Waals surface area contributed by atoms with Gasteiger partial charge in [0.05, 0.1) is 12.0 Å². The molecule has 0 saturated carbocycles. The van der Waals surface area contributed by atoms with Crippen molar-refractivity contribution in [3.8, 4) is 0 Å². The summed E-state index contributed by atoms with van der Waals surface area (Å²) in [5.74, 6) is -2.99. The molecule has 0 amide bonds. The van der Waals surface area contributed by atoms with Crippen molar-refractivity contribution < 1.29 is 26.7 Å². The second kappa shape index (κ2) is 6.57. The minimum atomic E-state index is -4.01. The van der Waals surface area contributed by atoms with Gasteiger partial charge in [-0.25, -0.2) is 21.9 Å². The molecule has 0 radical (unpaired) electrons. The highest BCUT2D eigenvalue weighted by Crippen LogP contribution is 2.14. The zero-order valence-electron chi connectivity index (χ0n) is 9.69. The first-order chi connectivity index (χ1) is 8.77. The van der Waals surface area contributed by atoms with Gasteiger partial charge in [0, 0.05) is 6.54 Å². The third-order valence-electron chi connectivity index (χ3n) is 2.11. The van der Waals surface area contributed by atoms with Crippen molar-refractivity contribution >= 4 is 38.6 Å². The molecule has 0 heterocycles. The van der Waals surface area contributed by atoms with Crippen LogP contribution in [0.1, 0.15) is 0 Å². The first-order valence-corrected chi connectivity index (χ1v) is 7.67. The number of carbonyl (C=O) groups is 1. The smallest absolute Gasteiger partial charge is 0.319 e. The van der Waals surface area contributed by atoms with E-state index in [-0.39, 0.29) is 6.54 Å². The van der Waals surface area contributed by atoms with Gasteiger partial charge >= 0.3 is 5.97 Å². The van der Waals surface area contributed by atoms with Gasteiger partial charge in [0.2, 0.25) is 10.0 Å². The van der Waals surface area contributed by atoms with Crippen molar-refractivity contribution in [3.63, 3.8) is 0 Å². The van der Waals surface area contributed by atoms with Crippen LogP contribution in [-0.2, 0) is 19.6 Å². The third-order valence-corrected chi connectivity index (χ3v) is 4.48. The lowest BCUT2D eigenvalue weighted by molar-refractivity contribution is -0.139. The first kappa shape index (κ1) is 16.2. The number of carbonyl (C=O) groups excluding carboxylic acids is 1. The van der Waals surface area contributed by atoms with E-state index in [1.165, 1.54) is 7.11 Å². The number of halogens is 3. The Labute approximate surface area is 122 Å². The summed E-state index contributed by atoms with van der Waals surface area (Å²) in [6.45, 7) is -0.214. The number of sulfonamides is 1. The molecule has 0 aliphatic heterocycles. The van der Waals surface area contributed by atoms with E-state index < -0.39 is 36.4 Å². The Morgan fingerprint density at radius 1 is 1.42 bits per heavy atom. The minimum Gasteiger partial charge on any atom is -0.468 e. The molecular weight excluding hydrogens is 395 g/mol. The molecule has 1 rings (SSSR count). The highest BCUT2D eigenvalue weighted by atomic mass is 127. The van der Waals surface area contributed by atoms with Crippen molar-refractivity contribution in [2.24, 2.45) is 0 Å². The summed E-state index contributed by atoms with van der Waals surface area (Å²) < 4.78 is 55.0. The molecule has 0 fully saturated rings. The molecule has 0 aliphatic rings. The number of methoxy groups -OCH3 is 1. The Kier molecular flexibility index (Phi) is 5.62. The average molecular weight is 405 g/mol. The van der Waals surface area contributed by atoms with Crippen molar-refractivity contribution in [3.05, 3.63) is 29.8 Å². The quantitative estimate of drug-likeness (QED) is 0.455. The largest absolute Gasteiger partial charge is 0.468 e. The molecule has 9 heteroatoms. The molecule has 1 aromatic rings. The summed E-state index contributed by atoms with van der Waals surface area (Å²) in [5, 5.41) is 0. The molecule has 106 valence electrons. The number of benzene rings is 1. The maximum Gasteiger partial charge on any atom is 0.319 e. The number of nitrogens with one attached hydrogen (secondary N) is 1. The standard InChI is InChI=1S/C10H10F2INO4S/c1-18-10(15)9(13)5-14-19(16,17)6-2-3-7(11)8(12)4-6/h2-4,9,14H,5H2,1H3. The lowest BCUT2D eigenvalue weighted by Crippen LogP contribution is -2.33. The minimum absolute atomic E-state index is 0.214. The fraction of sp³-hybridized carbons (Fsp3) is 0.300. The topological polar surface area (TPSA) is 72.5 Å². The Bertz CT molecular complexity index is 579. The highest BCUT2D eigenvalue weighted by molar-refractivity contribution is 14.1. The van der Waals surface area contributed by atoms with Gasteiger partial charge in [-0.05, 0) is 18.2 Å². The van der Waals surface area contributed by atoms with E-state index in [1.54, 1.807) is 22.6 Å². The van der Waals surface area contributed by atoms with Crippen molar-refractivity contribution in [1.29, 1.82) is 0 Å². The monoisotopic (exact) mass is 405 g/mol. The molecule has 0 aliphatic carbocycles. The summed E-state index contributed by atoms with van der Waals surface area (Å²) in [6.07, 6.45) is 0. The number of esters is 1. The van der Waals surface area contributed by atoms with Gasteiger partial charge in [0.25, 0.3) is 0 Å². The summed E-state index contributed by atoms with van der Waals surface area (Å²) in [4.78, 5) is 10.7. The molecule has 19 heavy (non-hydrogen) atoms. The summed E-state index contributed by atoms with van der Waals surface area (Å²) in [7, 11) is -2.83. The van der Waals surface area contributed by atoms with Crippen LogP contribution in [0.15, 0.2) is 23.1 Å². The number of alkyl halides is 1. The predicted molar refractivity (Wildman–Crippen MR) is 71.4 cm³/mol. The van der Waals surface area contributed by atoms with Crippen molar-refractivity contribution in [2.75, 3.05) is 13.7 Å². The molecule has 1 unspecified atom stereocenters. The summed E-state index contributed by atoms with van der Waals surface area (Å²) in [5.41, 5.74) is 0. The van der Waals surface area contributed by atoms with Crippen LogP contribution < -0.4 is 4.72 Å². The van der Waals surface area contributed by atoms with Crippen LogP contribution in [-0.4, -0.2) is 32.0 Å². The van der Waals surface area contributed by atoms with Gasteiger partial charge in [-0.3, -0.25) is 4.79 Å². The Morgan fingerprint density at radius 2 is 2.05 bits per heavy atom. The van der Waals surface area contributed by atoms with E-state index in [9.17, 15) is 22.0 Å². The fourth-order valence-electron chi connectivity index (χ4n) is 1.12. The van der Waals surface area contributed by atoms with Gasteiger partial charge in [-0.15, -0.1) is 0 Å². The second-order valence-electron chi connectivity index (χ2n) is 3.42. The van der Waals surface area contributed by atoms with Gasteiger partial charge in [0.1, 0.15) is 3.92 Å².